The summed E-state index contributed by atoms with van der Waals surface area (Å²) in [6.45, 7) is 1.64. The molecule has 0 saturated carbocycles. The van der Waals surface area contributed by atoms with Gasteiger partial charge in [-0.3, -0.25) is 14.2 Å². The highest BCUT2D eigenvalue weighted by atomic mass is 35.5. The van der Waals surface area contributed by atoms with Gasteiger partial charge in [0, 0.05) is 29.7 Å². The standard InChI is InChI=1S/C23H23Cl2N3O3S/c24-16-8-7-15(19(25)12-16)9-10-28-22(30)18-5-1-2-6-20(18)27-23(28)32-14-21(29)26-13-17-4-3-11-31-17/h1-2,5-8,12,17H,3-4,9-11,13-14H2,(H,26,29). The van der Waals surface area contributed by atoms with Crippen molar-refractivity contribution in [2.75, 3.05) is 18.9 Å². The van der Waals surface area contributed by atoms with Crippen LogP contribution in [0, 0.1) is 0 Å². The first-order chi connectivity index (χ1) is 15.5. The SMILES string of the molecule is O=C(CSc1nc2ccccc2c(=O)n1CCc1ccc(Cl)cc1Cl)NCC1CCCO1. The van der Waals surface area contributed by atoms with Gasteiger partial charge >= 0.3 is 0 Å². The van der Waals surface area contributed by atoms with Gasteiger partial charge in [-0.05, 0) is 49.1 Å². The average Bonchev–Trinajstić information content (AvgIpc) is 3.31. The molecule has 1 saturated heterocycles. The third-order valence-electron chi connectivity index (χ3n) is 5.33. The molecule has 1 atom stereocenters. The third-order valence-corrected chi connectivity index (χ3v) is 6.89. The number of fused-ring (bicyclic) bond motifs is 1. The molecule has 0 aliphatic carbocycles. The number of nitrogens with one attached hydrogen (secondary N) is 1. The second-order valence-electron chi connectivity index (χ2n) is 7.58. The van der Waals surface area contributed by atoms with Crippen molar-refractivity contribution in [2.45, 2.75) is 37.1 Å². The minimum atomic E-state index is -0.136. The number of ether oxygens (including phenoxy) is 1. The molecule has 1 amide bonds. The van der Waals surface area contributed by atoms with E-state index in [1.54, 1.807) is 28.8 Å². The highest BCUT2D eigenvalue weighted by Gasteiger charge is 2.17. The van der Waals surface area contributed by atoms with Crippen molar-refractivity contribution in [3.8, 4) is 0 Å². The van der Waals surface area contributed by atoms with Gasteiger partial charge in [-0.2, -0.15) is 0 Å². The zero-order valence-electron chi connectivity index (χ0n) is 17.4. The maximum atomic E-state index is 13.2. The van der Waals surface area contributed by atoms with Crippen molar-refractivity contribution < 1.29 is 9.53 Å². The molecule has 2 heterocycles. The number of aryl methyl sites for hydroxylation is 1. The Labute approximate surface area is 200 Å². The smallest absolute Gasteiger partial charge is 0.262 e. The Bertz CT molecular complexity index is 1180. The molecule has 6 nitrogen and oxygen atoms in total. The molecule has 0 bridgehead atoms. The van der Waals surface area contributed by atoms with E-state index in [0.717, 1.165) is 25.0 Å². The lowest BCUT2D eigenvalue weighted by Crippen LogP contribution is -2.33. The molecule has 0 spiro atoms. The van der Waals surface area contributed by atoms with Gasteiger partial charge in [-0.1, -0.05) is 53.2 Å². The second-order valence-corrected chi connectivity index (χ2v) is 9.37. The Morgan fingerprint density at radius 1 is 1.25 bits per heavy atom. The first-order valence-electron chi connectivity index (χ1n) is 10.5. The molecule has 1 aromatic heterocycles. The normalized spacial score (nSPS) is 15.9. The first kappa shape index (κ1) is 23.1. The van der Waals surface area contributed by atoms with Crippen molar-refractivity contribution in [1.29, 1.82) is 0 Å². The van der Waals surface area contributed by atoms with Gasteiger partial charge in [0.05, 0.1) is 22.8 Å². The summed E-state index contributed by atoms with van der Waals surface area (Å²) in [5.41, 5.74) is 1.37. The van der Waals surface area contributed by atoms with E-state index in [4.69, 9.17) is 27.9 Å². The van der Waals surface area contributed by atoms with Gasteiger partial charge in [0.1, 0.15) is 0 Å². The van der Waals surface area contributed by atoms with E-state index >= 15 is 0 Å². The summed E-state index contributed by atoms with van der Waals surface area (Å²) in [6, 6.07) is 12.5. The summed E-state index contributed by atoms with van der Waals surface area (Å²) in [5, 5.41) is 5.08. The van der Waals surface area contributed by atoms with Crippen LogP contribution in [0.1, 0.15) is 18.4 Å². The van der Waals surface area contributed by atoms with Crippen LogP contribution in [0.25, 0.3) is 10.9 Å². The fourth-order valence-corrected chi connectivity index (χ4v) is 4.98. The van der Waals surface area contributed by atoms with Gasteiger partial charge in [-0.15, -0.1) is 0 Å². The van der Waals surface area contributed by atoms with Crippen LogP contribution in [0.5, 0.6) is 0 Å². The quantitative estimate of drug-likeness (QED) is 0.374. The number of hydrogen-bond donors (Lipinski definition) is 1. The van der Waals surface area contributed by atoms with Crippen LogP contribution in [-0.2, 0) is 22.5 Å². The minimum Gasteiger partial charge on any atom is -0.376 e. The summed E-state index contributed by atoms with van der Waals surface area (Å²) in [5.74, 6) is 0.0550. The van der Waals surface area contributed by atoms with Gasteiger partial charge in [0.2, 0.25) is 5.91 Å². The molecular weight excluding hydrogens is 469 g/mol. The predicted octanol–water partition coefficient (Wildman–Crippen LogP) is 4.33. The Hall–Kier alpha value is -2.06. The number of para-hydroxylation sites is 1. The molecule has 9 heteroatoms. The van der Waals surface area contributed by atoms with E-state index in [0.29, 0.717) is 45.6 Å². The largest absolute Gasteiger partial charge is 0.376 e. The zero-order chi connectivity index (χ0) is 22.5. The number of benzene rings is 2. The average molecular weight is 492 g/mol. The van der Waals surface area contributed by atoms with Crippen LogP contribution in [0.2, 0.25) is 10.0 Å². The van der Waals surface area contributed by atoms with E-state index in [9.17, 15) is 9.59 Å². The highest BCUT2D eigenvalue weighted by Crippen LogP contribution is 2.23. The number of aromatic nitrogens is 2. The number of rotatable bonds is 8. The fraction of sp³-hybridized carbons (Fsp3) is 0.348. The number of halogens is 2. The maximum Gasteiger partial charge on any atom is 0.262 e. The second kappa shape index (κ2) is 10.7. The predicted molar refractivity (Wildman–Crippen MR) is 129 cm³/mol. The van der Waals surface area contributed by atoms with Crippen LogP contribution in [-0.4, -0.2) is 40.5 Å². The molecular formula is C23H23Cl2N3O3S. The molecule has 2 aromatic carbocycles. The number of amides is 1. The monoisotopic (exact) mass is 491 g/mol. The van der Waals surface area contributed by atoms with Crippen LogP contribution in [0.4, 0.5) is 0 Å². The molecule has 0 radical (unpaired) electrons. The molecule has 1 aliphatic heterocycles. The summed E-state index contributed by atoms with van der Waals surface area (Å²) < 4.78 is 7.16. The van der Waals surface area contributed by atoms with Crippen LogP contribution >= 0.6 is 35.0 Å². The van der Waals surface area contributed by atoms with E-state index < -0.39 is 0 Å². The molecule has 1 N–H and O–H groups in total. The third kappa shape index (κ3) is 5.64. The van der Waals surface area contributed by atoms with Gasteiger partial charge in [-0.25, -0.2) is 4.98 Å². The lowest BCUT2D eigenvalue weighted by molar-refractivity contribution is -0.119. The van der Waals surface area contributed by atoms with Crippen LogP contribution in [0.3, 0.4) is 0 Å². The lowest BCUT2D eigenvalue weighted by Gasteiger charge is -2.14. The Balaban J connectivity index is 1.51. The van der Waals surface area contributed by atoms with Crippen molar-refractivity contribution >= 4 is 51.8 Å². The van der Waals surface area contributed by atoms with Crippen molar-refractivity contribution in [1.82, 2.24) is 14.9 Å². The fourth-order valence-electron chi connectivity index (χ4n) is 3.63. The van der Waals surface area contributed by atoms with E-state index in [1.807, 2.05) is 18.2 Å². The van der Waals surface area contributed by atoms with Gasteiger partial charge < -0.3 is 10.1 Å². The molecule has 4 rings (SSSR count). The minimum absolute atomic E-state index is 0.0880. The Morgan fingerprint density at radius 3 is 2.88 bits per heavy atom. The topological polar surface area (TPSA) is 73.2 Å². The number of carbonyl (C=O) groups is 1. The summed E-state index contributed by atoms with van der Waals surface area (Å²) in [4.78, 5) is 30.2. The summed E-state index contributed by atoms with van der Waals surface area (Å²) >= 11 is 13.5. The Kier molecular flexibility index (Phi) is 7.73. The van der Waals surface area contributed by atoms with Gasteiger partial charge in [0.25, 0.3) is 5.56 Å². The number of thioether (sulfide) groups is 1. The number of hydrogen-bond acceptors (Lipinski definition) is 5. The summed E-state index contributed by atoms with van der Waals surface area (Å²) in [7, 11) is 0. The molecule has 1 unspecified atom stereocenters. The highest BCUT2D eigenvalue weighted by molar-refractivity contribution is 7.99. The molecule has 168 valence electrons. The van der Waals surface area contributed by atoms with Gasteiger partial charge in [0.15, 0.2) is 5.16 Å². The van der Waals surface area contributed by atoms with Crippen LogP contribution < -0.4 is 10.9 Å². The van der Waals surface area contributed by atoms with E-state index in [-0.39, 0.29) is 23.3 Å². The van der Waals surface area contributed by atoms with Crippen molar-refractivity contribution in [3.05, 3.63) is 68.4 Å². The first-order valence-corrected chi connectivity index (χ1v) is 12.2. The number of carbonyl (C=O) groups excluding carboxylic acids is 1. The van der Waals surface area contributed by atoms with E-state index in [1.165, 1.54) is 11.8 Å². The van der Waals surface area contributed by atoms with Crippen molar-refractivity contribution in [2.24, 2.45) is 0 Å². The van der Waals surface area contributed by atoms with Crippen LogP contribution in [0.15, 0.2) is 52.4 Å². The molecule has 1 fully saturated rings. The molecule has 32 heavy (non-hydrogen) atoms. The summed E-state index contributed by atoms with van der Waals surface area (Å²) in [6.07, 6.45) is 2.62. The zero-order valence-corrected chi connectivity index (χ0v) is 19.7. The van der Waals surface area contributed by atoms with E-state index in [2.05, 4.69) is 10.3 Å². The van der Waals surface area contributed by atoms with Crippen molar-refractivity contribution in [3.63, 3.8) is 0 Å². The lowest BCUT2D eigenvalue weighted by atomic mass is 10.1. The number of nitrogens with zero attached hydrogens (tertiary/aromatic N) is 2. The molecule has 3 aromatic rings. The maximum absolute atomic E-state index is 13.2. The molecule has 1 aliphatic rings. The Morgan fingerprint density at radius 2 is 2.09 bits per heavy atom.